The quantitative estimate of drug-likeness (QED) is 0.552. The summed E-state index contributed by atoms with van der Waals surface area (Å²) in [7, 11) is -0.872. The van der Waals surface area contributed by atoms with Gasteiger partial charge < -0.3 is 15.2 Å². The van der Waals surface area contributed by atoms with Gasteiger partial charge in [-0.15, -0.1) is 0 Å². The Morgan fingerprint density at radius 3 is 2.46 bits per heavy atom. The lowest BCUT2D eigenvalue weighted by atomic mass is 10.1. The molecule has 0 aliphatic rings. The van der Waals surface area contributed by atoms with E-state index in [4.69, 9.17) is 4.52 Å². The third kappa shape index (κ3) is 6.26. The number of rotatable bonds is 8. The maximum atomic E-state index is 12.1. The smallest absolute Gasteiger partial charge is 0.191 e. The van der Waals surface area contributed by atoms with Gasteiger partial charge in [0.1, 0.15) is 5.76 Å². The molecule has 1 unspecified atom stereocenters. The largest absolute Gasteiger partial charge is 0.361 e. The van der Waals surface area contributed by atoms with Crippen LogP contribution in [-0.2, 0) is 30.2 Å². The maximum Gasteiger partial charge on any atom is 0.191 e. The third-order valence-electron chi connectivity index (χ3n) is 3.61. The van der Waals surface area contributed by atoms with Crippen molar-refractivity contribution in [1.29, 1.82) is 0 Å². The summed E-state index contributed by atoms with van der Waals surface area (Å²) in [5.74, 6) is 2.23. The van der Waals surface area contributed by atoms with Crippen molar-refractivity contribution in [3.8, 4) is 0 Å². The molecule has 1 aromatic rings. The first-order valence-electron chi connectivity index (χ1n) is 8.70. The van der Waals surface area contributed by atoms with Gasteiger partial charge in [0.05, 0.1) is 12.2 Å². The molecule has 0 amide bonds. The number of aliphatic imine (C=N–C) groups is 1. The number of aromatic nitrogens is 1. The van der Waals surface area contributed by atoms with Crippen molar-refractivity contribution in [1.82, 2.24) is 15.8 Å². The average molecular weight is 357 g/mol. The standard InChI is InChI=1S/C17H32N4O2S/c1-7-14-13(15(8-2)23-21-14)12-20-16(18-9-3)19-10-11-24(22)17(4,5)6/h7-12H2,1-6H3,(H2,18,19,20). The van der Waals surface area contributed by atoms with Crippen LogP contribution in [0.4, 0.5) is 0 Å². The zero-order valence-electron chi connectivity index (χ0n) is 15.9. The van der Waals surface area contributed by atoms with E-state index in [2.05, 4.69) is 34.6 Å². The molecule has 0 aliphatic carbocycles. The molecular weight excluding hydrogens is 324 g/mol. The Morgan fingerprint density at radius 1 is 1.21 bits per heavy atom. The Balaban J connectivity index is 2.69. The minimum atomic E-state index is -0.872. The van der Waals surface area contributed by atoms with Crippen molar-refractivity contribution < 1.29 is 8.73 Å². The second kappa shape index (κ2) is 9.81. The molecule has 0 fully saturated rings. The highest BCUT2D eigenvalue weighted by Crippen LogP contribution is 2.16. The van der Waals surface area contributed by atoms with Crippen LogP contribution < -0.4 is 10.6 Å². The van der Waals surface area contributed by atoms with Crippen LogP contribution in [-0.4, -0.2) is 38.9 Å². The molecule has 0 saturated carbocycles. The monoisotopic (exact) mass is 356 g/mol. The molecule has 0 saturated heterocycles. The number of aryl methyl sites for hydroxylation is 2. The van der Waals surface area contributed by atoms with Crippen LogP contribution in [0, 0.1) is 0 Å². The van der Waals surface area contributed by atoms with E-state index in [1.54, 1.807) is 0 Å². The molecule has 0 aromatic carbocycles. The highest BCUT2D eigenvalue weighted by molar-refractivity contribution is 7.86. The molecule has 1 atom stereocenters. The summed E-state index contributed by atoms with van der Waals surface area (Å²) in [4.78, 5) is 4.63. The van der Waals surface area contributed by atoms with Gasteiger partial charge in [-0.2, -0.15) is 0 Å². The van der Waals surface area contributed by atoms with E-state index < -0.39 is 10.8 Å². The molecule has 1 aromatic heterocycles. The van der Waals surface area contributed by atoms with E-state index in [0.29, 0.717) is 18.8 Å². The zero-order valence-corrected chi connectivity index (χ0v) is 16.7. The minimum absolute atomic E-state index is 0.189. The number of nitrogens with zero attached hydrogens (tertiary/aromatic N) is 2. The second-order valence-corrected chi connectivity index (χ2v) is 8.85. The molecule has 0 spiro atoms. The Morgan fingerprint density at radius 2 is 1.92 bits per heavy atom. The molecule has 0 radical (unpaired) electrons. The topological polar surface area (TPSA) is 79.5 Å². The Labute approximate surface area is 148 Å². The molecule has 1 rings (SSSR count). The van der Waals surface area contributed by atoms with Crippen LogP contribution in [0.1, 0.15) is 58.6 Å². The highest BCUT2D eigenvalue weighted by atomic mass is 32.2. The fourth-order valence-electron chi connectivity index (χ4n) is 2.18. The van der Waals surface area contributed by atoms with Gasteiger partial charge in [-0.25, -0.2) is 4.99 Å². The van der Waals surface area contributed by atoms with Crippen LogP contribution in [0.3, 0.4) is 0 Å². The van der Waals surface area contributed by atoms with Gasteiger partial charge in [-0.3, -0.25) is 4.21 Å². The Bertz CT molecular complexity index is 540. The first-order chi connectivity index (χ1) is 11.3. The van der Waals surface area contributed by atoms with Crippen molar-refractivity contribution in [2.45, 2.75) is 65.7 Å². The van der Waals surface area contributed by atoms with Gasteiger partial charge in [-0.1, -0.05) is 19.0 Å². The van der Waals surface area contributed by atoms with E-state index in [9.17, 15) is 4.21 Å². The summed E-state index contributed by atoms with van der Waals surface area (Å²) in [6.07, 6.45) is 1.65. The number of hydrogen-bond donors (Lipinski definition) is 2. The number of guanidine groups is 1. The molecule has 1 heterocycles. The van der Waals surface area contributed by atoms with Gasteiger partial charge in [0.2, 0.25) is 0 Å². The number of nitrogens with one attached hydrogen (secondary N) is 2. The second-order valence-electron chi connectivity index (χ2n) is 6.52. The molecule has 2 N–H and O–H groups in total. The number of hydrogen-bond acceptors (Lipinski definition) is 4. The fraction of sp³-hybridized carbons (Fsp3) is 0.765. The normalized spacial score (nSPS) is 13.8. The van der Waals surface area contributed by atoms with Gasteiger partial charge >= 0.3 is 0 Å². The average Bonchev–Trinajstić information content (AvgIpc) is 2.93. The summed E-state index contributed by atoms with van der Waals surface area (Å²) in [5, 5.41) is 10.6. The lowest BCUT2D eigenvalue weighted by Gasteiger charge is -2.18. The van der Waals surface area contributed by atoms with E-state index in [0.717, 1.165) is 42.4 Å². The van der Waals surface area contributed by atoms with Crippen LogP contribution in [0.2, 0.25) is 0 Å². The predicted octanol–water partition coefficient (Wildman–Crippen LogP) is 2.40. The zero-order chi connectivity index (χ0) is 18.2. The van der Waals surface area contributed by atoms with Crippen molar-refractivity contribution in [2.24, 2.45) is 4.99 Å². The van der Waals surface area contributed by atoms with E-state index in [1.165, 1.54) is 0 Å². The SMILES string of the molecule is CCNC(=NCc1c(CC)noc1CC)NCCS(=O)C(C)(C)C. The van der Waals surface area contributed by atoms with E-state index in [1.807, 2.05) is 27.7 Å². The van der Waals surface area contributed by atoms with Crippen molar-refractivity contribution in [3.05, 3.63) is 17.0 Å². The molecule has 0 bridgehead atoms. The Kier molecular flexibility index (Phi) is 8.45. The van der Waals surface area contributed by atoms with E-state index >= 15 is 0 Å². The van der Waals surface area contributed by atoms with Gasteiger partial charge in [0, 0.05) is 46.4 Å². The molecule has 138 valence electrons. The summed E-state index contributed by atoms with van der Waals surface area (Å²) >= 11 is 0. The van der Waals surface area contributed by atoms with Crippen LogP contribution >= 0.6 is 0 Å². The summed E-state index contributed by atoms with van der Waals surface area (Å²) in [5.41, 5.74) is 2.05. The lowest BCUT2D eigenvalue weighted by molar-refractivity contribution is 0.380. The van der Waals surface area contributed by atoms with Crippen molar-refractivity contribution in [2.75, 3.05) is 18.8 Å². The molecule has 24 heavy (non-hydrogen) atoms. The summed E-state index contributed by atoms with van der Waals surface area (Å²) < 4.78 is 17.3. The van der Waals surface area contributed by atoms with Gasteiger partial charge in [0.25, 0.3) is 0 Å². The summed E-state index contributed by atoms with van der Waals surface area (Å²) in [6.45, 7) is 14.1. The summed E-state index contributed by atoms with van der Waals surface area (Å²) in [6, 6.07) is 0. The lowest BCUT2D eigenvalue weighted by Crippen LogP contribution is -2.40. The molecular formula is C17H32N4O2S. The maximum absolute atomic E-state index is 12.1. The van der Waals surface area contributed by atoms with Crippen molar-refractivity contribution >= 4 is 16.8 Å². The first-order valence-corrected chi connectivity index (χ1v) is 10.0. The molecule has 0 aliphatic heterocycles. The van der Waals surface area contributed by atoms with Crippen molar-refractivity contribution in [3.63, 3.8) is 0 Å². The van der Waals surface area contributed by atoms with Crippen LogP contribution in [0.5, 0.6) is 0 Å². The minimum Gasteiger partial charge on any atom is -0.361 e. The van der Waals surface area contributed by atoms with Crippen LogP contribution in [0.15, 0.2) is 9.52 Å². The molecule has 7 heteroatoms. The molecule has 6 nitrogen and oxygen atoms in total. The highest BCUT2D eigenvalue weighted by Gasteiger charge is 2.18. The van der Waals surface area contributed by atoms with E-state index in [-0.39, 0.29) is 4.75 Å². The van der Waals surface area contributed by atoms with Crippen LogP contribution in [0.25, 0.3) is 0 Å². The fourth-order valence-corrected chi connectivity index (χ4v) is 3.08. The van der Waals surface area contributed by atoms with Gasteiger partial charge in [0.15, 0.2) is 5.96 Å². The third-order valence-corrected chi connectivity index (χ3v) is 5.55. The van der Waals surface area contributed by atoms with Gasteiger partial charge in [-0.05, 0) is 34.1 Å². The predicted molar refractivity (Wildman–Crippen MR) is 101 cm³/mol. The first kappa shape index (κ1) is 20.7. The Hall–Kier alpha value is -1.37.